The Morgan fingerprint density at radius 1 is 1.24 bits per heavy atom. The van der Waals surface area contributed by atoms with Crippen LogP contribution in [0.3, 0.4) is 0 Å². The van der Waals surface area contributed by atoms with Gasteiger partial charge < -0.3 is 4.90 Å². The number of halogens is 1. The largest absolute Gasteiger partial charge is 0.338 e. The van der Waals surface area contributed by atoms with Crippen molar-refractivity contribution in [2.24, 2.45) is 0 Å². The summed E-state index contributed by atoms with van der Waals surface area (Å²) in [6, 6.07) is 9.13. The van der Waals surface area contributed by atoms with Gasteiger partial charge in [0.25, 0.3) is 5.91 Å². The molecule has 0 radical (unpaired) electrons. The molecule has 2 aromatic rings. The molecule has 0 unspecified atom stereocenters. The summed E-state index contributed by atoms with van der Waals surface area (Å²) in [5.74, 6) is -0.394. The van der Waals surface area contributed by atoms with Crippen LogP contribution in [0.15, 0.2) is 42.7 Å². The van der Waals surface area contributed by atoms with Gasteiger partial charge in [0.1, 0.15) is 0 Å². The third-order valence-electron chi connectivity index (χ3n) is 4.29. The van der Waals surface area contributed by atoms with E-state index in [0.29, 0.717) is 37.9 Å². The molecule has 0 spiro atoms. The number of carbonyl (C=O) groups is 2. The van der Waals surface area contributed by atoms with Crippen LogP contribution in [0.5, 0.6) is 0 Å². The van der Waals surface area contributed by atoms with Crippen molar-refractivity contribution in [3.8, 4) is 0 Å². The third kappa shape index (κ3) is 4.55. The zero-order valence-corrected chi connectivity index (χ0v) is 14.5. The van der Waals surface area contributed by atoms with Crippen LogP contribution >= 0.6 is 12.4 Å². The van der Waals surface area contributed by atoms with Crippen molar-refractivity contribution in [3.05, 3.63) is 65.0 Å². The van der Waals surface area contributed by atoms with Gasteiger partial charge in [0, 0.05) is 37.5 Å². The number of hydroxylamine groups is 1. The van der Waals surface area contributed by atoms with Gasteiger partial charge in [-0.15, -0.1) is 12.4 Å². The van der Waals surface area contributed by atoms with Gasteiger partial charge in [-0.1, -0.05) is 12.1 Å². The summed E-state index contributed by atoms with van der Waals surface area (Å²) >= 11 is 0. The first-order valence-electron chi connectivity index (χ1n) is 7.90. The zero-order chi connectivity index (χ0) is 16.9. The van der Waals surface area contributed by atoms with Crippen molar-refractivity contribution in [2.75, 3.05) is 6.54 Å². The van der Waals surface area contributed by atoms with E-state index in [1.165, 1.54) is 0 Å². The predicted octanol–water partition coefficient (Wildman–Crippen LogP) is 2.14. The molecule has 1 aromatic heterocycles. The molecule has 1 aromatic carbocycles. The highest BCUT2D eigenvalue weighted by atomic mass is 35.5. The van der Waals surface area contributed by atoms with E-state index in [9.17, 15) is 9.59 Å². The molecule has 2 heterocycles. The standard InChI is InChI=1S/C18H19N3O3.ClH/c22-17(6-3-13-2-1-8-19-11-13)21-9-7-14-10-15(18(23)20-24)4-5-16(14)12-21;/h1-2,4-5,8,10-11,24H,3,6-7,9,12H2,(H,20,23);1H. The number of nitrogens with one attached hydrogen (secondary N) is 1. The van der Waals surface area contributed by atoms with Crippen molar-refractivity contribution in [1.29, 1.82) is 0 Å². The van der Waals surface area contributed by atoms with Crippen molar-refractivity contribution in [3.63, 3.8) is 0 Å². The number of carbonyl (C=O) groups excluding carboxylic acids is 2. The molecule has 2 N–H and O–H groups in total. The zero-order valence-electron chi connectivity index (χ0n) is 13.6. The van der Waals surface area contributed by atoms with Crippen molar-refractivity contribution < 1.29 is 14.8 Å². The molecule has 0 saturated heterocycles. The summed E-state index contributed by atoms with van der Waals surface area (Å²) in [6.45, 7) is 1.20. The minimum absolute atomic E-state index is 0. The van der Waals surface area contributed by atoms with Crippen LogP contribution in [-0.2, 0) is 24.2 Å². The lowest BCUT2D eigenvalue weighted by Gasteiger charge is -2.29. The van der Waals surface area contributed by atoms with Gasteiger partial charge in [0.2, 0.25) is 5.91 Å². The molecule has 7 heteroatoms. The average molecular weight is 362 g/mol. The second kappa shape index (κ2) is 8.60. The van der Waals surface area contributed by atoms with E-state index >= 15 is 0 Å². The first-order valence-corrected chi connectivity index (χ1v) is 7.90. The highest BCUT2D eigenvalue weighted by Crippen LogP contribution is 2.21. The number of hydrogen-bond donors (Lipinski definition) is 2. The average Bonchev–Trinajstić information content (AvgIpc) is 2.65. The Morgan fingerprint density at radius 2 is 2.08 bits per heavy atom. The minimum Gasteiger partial charge on any atom is -0.338 e. The van der Waals surface area contributed by atoms with Crippen LogP contribution in [-0.4, -0.2) is 33.5 Å². The van der Waals surface area contributed by atoms with Crippen LogP contribution in [0.25, 0.3) is 0 Å². The molecule has 0 saturated carbocycles. The maximum atomic E-state index is 12.4. The van der Waals surface area contributed by atoms with Gasteiger partial charge in [0.05, 0.1) is 0 Å². The predicted molar refractivity (Wildman–Crippen MR) is 94.6 cm³/mol. The molecular weight excluding hydrogens is 342 g/mol. The second-order valence-corrected chi connectivity index (χ2v) is 5.85. The van der Waals surface area contributed by atoms with E-state index in [-0.39, 0.29) is 18.3 Å². The van der Waals surface area contributed by atoms with Gasteiger partial charge in [0.15, 0.2) is 0 Å². The number of nitrogens with zero attached hydrogens (tertiary/aromatic N) is 2. The SMILES string of the molecule is Cl.O=C(NO)c1ccc2c(c1)CCN(C(=O)CCc1cccnc1)C2. The van der Waals surface area contributed by atoms with Gasteiger partial charge in [-0.2, -0.15) is 0 Å². The highest BCUT2D eigenvalue weighted by molar-refractivity contribution is 5.93. The smallest absolute Gasteiger partial charge is 0.274 e. The topological polar surface area (TPSA) is 82.5 Å². The van der Waals surface area contributed by atoms with Gasteiger partial charge >= 0.3 is 0 Å². The summed E-state index contributed by atoms with van der Waals surface area (Å²) in [7, 11) is 0. The quantitative estimate of drug-likeness (QED) is 0.645. The number of aromatic nitrogens is 1. The van der Waals surface area contributed by atoms with Crippen molar-refractivity contribution in [2.45, 2.75) is 25.8 Å². The number of benzene rings is 1. The van der Waals surface area contributed by atoms with Crippen LogP contribution in [0.1, 0.15) is 33.5 Å². The van der Waals surface area contributed by atoms with E-state index in [1.54, 1.807) is 30.0 Å². The Morgan fingerprint density at radius 3 is 2.80 bits per heavy atom. The van der Waals surface area contributed by atoms with E-state index in [2.05, 4.69) is 4.98 Å². The summed E-state index contributed by atoms with van der Waals surface area (Å²) in [5.41, 5.74) is 5.22. The molecule has 0 atom stereocenters. The molecule has 1 aliphatic heterocycles. The monoisotopic (exact) mass is 361 g/mol. The Labute approximate surface area is 152 Å². The molecule has 0 fully saturated rings. The highest BCUT2D eigenvalue weighted by Gasteiger charge is 2.21. The Bertz CT molecular complexity index is 752. The van der Waals surface area contributed by atoms with Crippen LogP contribution in [0.2, 0.25) is 0 Å². The van der Waals surface area contributed by atoms with Crippen LogP contribution < -0.4 is 5.48 Å². The lowest BCUT2D eigenvalue weighted by Crippen LogP contribution is -2.36. The van der Waals surface area contributed by atoms with E-state index in [4.69, 9.17) is 5.21 Å². The maximum absolute atomic E-state index is 12.4. The van der Waals surface area contributed by atoms with Crippen molar-refractivity contribution >= 4 is 24.2 Å². The van der Waals surface area contributed by atoms with Gasteiger partial charge in [-0.25, -0.2) is 5.48 Å². The molecule has 6 nitrogen and oxygen atoms in total. The second-order valence-electron chi connectivity index (χ2n) is 5.85. The summed E-state index contributed by atoms with van der Waals surface area (Å²) in [5, 5.41) is 8.70. The lowest BCUT2D eigenvalue weighted by atomic mass is 9.96. The fraction of sp³-hybridized carbons (Fsp3) is 0.278. The van der Waals surface area contributed by atoms with Crippen molar-refractivity contribution in [1.82, 2.24) is 15.4 Å². The first kappa shape index (κ1) is 18.9. The van der Waals surface area contributed by atoms with Crippen LogP contribution in [0.4, 0.5) is 0 Å². The normalized spacial score (nSPS) is 12.8. The molecule has 2 amide bonds. The lowest BCUT2D eigenvalue weighted by molar-refractivity contribution is -0.132. The number of hydrogen-bond acceptors (Lipinski definition) is 4. The molecule has 132 valence electrons. The van der Waals surface area contributed by atoms with Gasteiger partial charge in [-0.05, 0) is 47.7 Å². The number of pyridine rings is 1. The summed E-state index contributed by atoms with van der Waals surface area (Å²) in [4.78, 5) is 29.8. The first-order chi connectivity index (χ1) is 11.7. The molecule has 0 bridgehead atoms. The van der Waals surface area contributed by atoms with Gasteiger partial charge in [-0.3, -0.25) is 19.8 Å². The molecule has 3 rings (SSSR count). The summed E-state index contributed by atoms with van der Waals surface area (Å²) < 4.78 is 0. The molecule has 25 heavy (non-hydrogen) atoms. The number of aryl methyl sites for hydroxylation is 1. The fourth-order valence-corrected chi connectivity index (χ4v) is 2.93. The summed E-state index contributed by atoms with van der Waals surface area (Å²) in [6.07, 6.45) is 5.36. The number of fused-ring (bicyclic) bond motifs is 1. The van der Waals surface area contributed by atoms with Crippen LogP contribution in [0, 0.1) is 0 Å². The van der Waals surface area contributed by atoms with E-state index in [1.807, 2.05) is 23.1 Å². The Kier molecular flexibility index (Phi) is 6.50. The molecule has 0 aliphatic carbocycles. The molecule has 1 aliphatic rings. The minimum atomic E-state index is -0.521. The molecular formula is C18H20ClN3O3. The fourth-order valence-electron chi connectivity index (χ4n) is 2.93. The Balaban J connectivity index is 0.00000225. The Hall–Kier alpha value is -2.44. The van der Waals surface area contributed by atoms with E-state index in [0.717, 1.165) is 16.7 Å². The number of rotatable bonds is 4. The van der Waals surface area contributed by atoms with E-state index < -0.39 is 5.91 Å². The maximum Gasteiger partial charge on any atom is 0.274 e. The number of amides is 2. The third-order valence-corrected chi connectivity index (χ3v) is 4.29.